The second-order valence-corrected chi connectivity index (χ2v) is 6.94. The Hall–Kier alpha value is -2.12. The molecule has 0 aliphatic rings. The van der Waals surface area contributed by atoms with Crippen molar-refractivity contribution in [3.63, 3.8) is 0 Å². The van der Waals surface area contributed by atoms with E-state index < -0.39 is 18.1 Å². The summed E-state index contributed by atoms with van der Waals surface area (Å²) in [4.78, 5) is 31.1. The Morgan fingerprint density at radius 1 is 1.38 bits per heavy atom. The van der Waals surface area contributed by atoms with E-state index in [4.69, 9.17) is 0 Å². The van der Waals surface area contributed by atoms with Gasteiger partial charge in [0.15, 0.2) is 0 Å². The molecule has 0 unspecified atom stereocenters. The molecule has 0 fully saturated rings. The van der Waals surface area contributed by atoms with Crippen LogP contribution in [-0.4, -0.2) is 39.4 Å². The van der Waals surface area contributed by atoms with E-state index in [-0.39, 0.29) is 6.42 Å². The summed E-state index contributed by atoms with van der Waals surface area (Å²) in [5.74, 6) is -0.674. The van der Waals surface area contributed by atoms with Gasteiger partial charge in [-0.3, -0.25) is 15.1 Å². The van der Waals surface area contributed by atoms with Crippen molar-refractivity contribution in [1.82, 2.24) is 15.3 Å². The molecule has 128 valence electrons. The number of carboxylic acid groups (broad SMARTS) is 1. The molecule has 0 bridgehead atoms. The fourth-order valence-corrected chi connectivity index (χ4v) is 3.23. The third kappa shape index (κ3) is 5.21. The molecule has 2 aromatic rings. The average Bonchev–Trinajstić information content (AvgIpc) is 3.02. The summed E-state index contributed by atoms with van der Waals surface area (Å²) in [6.45, 7) is 3.99. The van der Waals surface area contributed by atoms with Crippen molar-refractivity contribution in [2.45, 2.75) is 38.8 Å². The summed E-state index contributed by atoms with van der Waals surface area (Å²) in [7, 11) is 0. The van der Waals surface area contributed by atoms with Crippen molar-refractivity contribution in [2.24, 2.45) is 5.92 Å². The number of carbonyl (C=O) groups is 2. The number of nitrogens with one attached hydrogen (secondary N) is 1. The Bertz CT molecular complexity index is 673. The van der Waals surface area contributed by atoms with Crippen LogP contribution in [-0.2, 0) is 16.0 Å². The number of carboxylic acids is 1. The Morgan fingerprint density at radius 3 is 2.67 bits per heavy atom. The number of pyridine rings is 1. The molecule has 0 spiro atoms. The quantitative estimate of drug-likeness (QED) is 0.677. The van der Waals surface area contributed by atoms with Crippen LogP contribution in [0, 0.1) is 5.92 Å². The number of hydrogen-bond acceptors (Lipinski definition) is 6. The molecule has 0 amide bonds. The van der Waals surface area contributed by atoms with Crippen LogP contribution in [0.25, 0.3) is 11.3 Å². The molecule has 2 heterocycles. The Labute approximate surface area is 145 Å². The summed E-state index contributed by atoms with van der Waals surface area (Å²) in [6, 6.07) is 2.41. The van der Waals surface area contributed by atoms with Crippen molar-refractivity contribution in [1.29, 1.82) is 0 Å². The standard InChI is InChI=1S/C17H21N3O3S/c1-11(2)7-13(9-21)19-14(17(22)23)8-16-20-15(10-24-16)12-3-5-18-6-4-12/h3-6,9-11,13-14,19H,7-8H2,1-2H3,(H,22,23)/t13-,14-/m0/s1. The topological polar surface area (TPSA) is 92.2 Å². The maximum absolute atomic E-state index is 11.5. The summed E-state index contributed by atoms with van der Waals surface area (Å²) in [5.41, 5.74) is 1.74. The predicted octanol–water partition coefficient (Wildman–Crippen LogP) is 2.40. The molecule has 6 nitrogen and oxygen atoms in total. The van der Waals surface area contributed by atoms with E-state index in [1.165, 1.54) is 11.3 Å². The van der Waals surface area contributed by atoms with Gasteiger partial charge in [-0.1, -0.05) is 13.8 Å². The molecular formula is C17H21N3O3S. The van der Waals surface area contributed by atoms with E-state index in [1.807, 2.05) is 31.4 Å². The first-order chi connectivity index (χ1) is 11.5. The van der Waals surface area contributed by atoms with Gasteiger partial charge in [-0.25, -0.2) is 4.98 Å². The first-order valence-corrected chi connectivity index (χ1v) is 8.66. The number of carbonyl (C=O) groups excluding carboxylic acids is 1. The van der Waals surface area contributed by atoms with E-state index in [2.05, 4.69) is 15.3 Å². The Balaban J connectivity index is 2.07. The highest BCUT2D eigenvalue weighted by Crippen LogP contribution is 2.22. The van der Waals surface area contributed by atoms with Gasteiger partial charge in [0.1, 0.15) is 12.3 Å². The van der Waals surface area contributed by atoms with Gasteiger partial charge in [-0.05, 0) is 24.5 Å². The van der Waals surface area contributed by atoms with Crippen LogP contribution in [0.3, 0.4) is 0 Å². The Morgan fingerprint density at radius 2 is 2.08 bits per heavy atom. The maximum Gasteiger partial charge on any atom is 0.321 e. The van der Waals surface area contributed by atoms with Gasteiger partial charge in [0.25, 0.3) is 0 Å². The molecule has 0 radical (unpaired) electrons. The van der Waals surface area contributed by atoms with Crippen LogP contribution in [0.4, 0.5) is 0 Å². The van der Waals surface area contributed by atoms with Crippen molar-refractivity contribution in [3.05, 3.63) is 34.9 Å². The summed E-state index contributed by atoms with van der Waals surface area (Å²) in [5, 5.41) is 15.0. The molecule has 0 aliphatic heterocycles. The van der Waals surface area contributed by atoms with Crippen LogP contribution in [0.1, 0.15) is 25.3 Å². The maximum atomic E-state index is 11.5. The molecule has 0 aromatic carbocycles. The lowest BCUT2D eigenvalue weighted by Gasteiger charge is -2.19. The third-order valence-corrected chi connectivity index (χ3v) is 4.38. The number of thiazole rings is 1. The fraction of sp³-hybridized carbons (Fsp3) is 0.412. The minimum atomic E-state index is -0.980. The minimum absolute atomic E-state index is 0.244. The number of nitrogens with zero attached hydrogens (tertiary/aromatic N) is 2. The molecular weight excluding hydrogens is 326 g/mol. The van der Waals surface area contributed by atoms with Crippen molar-refractivity contribution in [3.8, 4) is 11.3 Å². The SMILES string of the molecule is CC(C)C[C@@H](C=O)N[C@@H](Cc1nc(-c2ccncc2)cs1)C(=O)O. The van der Waals surface area contributed by atoms with E-state index >= 15 is 0 Å². The first-order valence-electron chi connectivity index (χ1n) is 7.78. The number of hydrogen-bond donors (Lipinski definition) is 2. The van der Waals surface area contributed by atoms with Crippen LogP contribution in [0.2, 0.25) is 0 Å². The molecule has 2 atom stereocenters. The van der Waals surface area contributed by atoms with E-state index in [1.54, 1.807) is 12.4 Å². The molecule has 0 saturated carbocycles. The van der Waals surface area contributed by atoms with Crippen molar-refractivity contribution in [2.75, 3.05) is 0 Å². The number of aliphatic carboxylic acids is 1. The van der Waals surface area contributed by atoms with Gasteiger partial charge in [0.2, 0.25) is 0 Å². The number of aldehydes is 1. The van der Waals surface area contributed by atoms with Crippen molar-refractivity contribution >= 4 is 23.6 Å². The summed E-state index contributed by atoms with van der Waals surface area (Å²) in [6.07, 6.45) is 5.01. The lowest BCUT2D eigenvalue weighted by molar-refractivity contribution is -0.139. The molecule has 24 heavy (non-hydrogen) atoms. The highest BCUT2D eigenvalue weighted by Gasteiger charge is 2.23. The number of aromatic nitrogens is 2. The highest BCUT2D eigenvalue weighted by molar-refractivity contribution is 7.10. The predicted molar refractivity (Wildman–Crippen MR) is 92.9 cm³/mol. The lowest BCUT2D eigenvalue weighted by atomic mass is 10.0. The van der Waals surface area contributed by atoms with Crippen LogP contribution in [0.15, 0.2) is 29.9 Å². The fourth-order valence-electron chi connectivity index (χ4n) is 2.38. The van der Waals surface area contributed by atoms with E-state index in [0.29, 0.717) is 12.3 Å². The van der Waals surface area contributed by atoms with Gasteiger partial charge in [-0.2, -0.15) is 0 Å². The van der Waals surface area contributed by atoms with Crippen LogP contribution >= 0.6 is 11.3 Å². The third-order valence-electron chi connectivity index (χ3n) is 3.51. The molecule has 0 aliphatic carbocycles. The van der Waals surface area contributed by atoms with Gasteiger partial charge < -0.3 is 9.90 Å². The van der Waals surface area contributed by atoms with Gasteiger partial charge in [0.05, 0.1) is 16.7 Å². The molecule has 2 aromatic heterocycles. The average molecular weight is 347 g/mol. The number of rotatable bonds is 9. The van der Waals surface area contributed by atoms with Gasteiger partial charge >= 0.3 is 5.97 Å². The van der Waals surface area contributed by atoms with Gasteiger partial charge in [-0.15, -0.1) is 11.3 Å². The molecule has 0 saturated heterocycles. The normalized spacial score (nSPS) is 13.6. The van der Waals surface area contributed by atoms with E-state index in [0.717, 1.165) is 22.6 Å². The summed E-state index contributed by atoms with van der Waals surface area (Å²) < 4.78 is 0. The smallest absolute Gasteiger partial charge is 0.321 e. The molecule has 2 rings (SSSR count). The highest BCUT2D eigenvalue weighted by atomic mass is 32.1. The monoisotopic (exact) mass is 347 g/mol. The van der Waals surface area contributed by atoms with E-state index in [9.17, 15) is 14.7 Å². The van der Waals surface area contributed by atoms with Gasteiger partial charge in [0, 0.05) is 29.8 Å². The summed E-state index contributed by atoms with van der Waals surface area (Å²) >= 11 is 1.42. The largest absolute Gasteiger partial charge is 0.480 e. The second kappa shape index (κ2) is 8.65. The molecule has 7 heteroatoms. The molecule has 2 N–H and O–H groups in total. The zero-order valence-corrected chi connectivity index (χ0v) is 14.5. The zero-order chi connectivity index (χ0) is 17.5. The minimum Gasteiger partial charge on any atom is -0.480 e. The van der Waals surface area contributed by atoms with Crippen LogP contribution < -0.4 is 5.32 Å². The van der Waals surface area contributed by atoms with Crippen LogP contribution in [0.5, 0.6) is 0 Å². The first kappa shape index (κ1) is 18.2. The Kier molecular flexibility index (Phi) is 6.57. The second-order valence-electron chi connectivity index (χ2n) is 6.00. The van der Waals surface area contributed by atoms with Crippen molar-refractivity contribution < 1.29 is 14.7 Å². The zero-order valence-electron chi connectivity index (χ0n) is 13.7. The lowest BCUT2D eigenvalue weighted by Crippen LogP contribution is -2.46.